The third kappa shape index (κ3) is 4.56. The predicted molar refractivity (Wildman–Crippen MR) is 89.9 cm³/mol. The van der Waals surface area contributed by atoms with Crippen molar-refractivity contribution in [3.63, 3.8) is 0 Å². The predicted octanol–water partition coefficient (Wildman–Crippen LogP) is 1.59. The zero-order chi connectivity index (χ0) is 17.2. The van der Waals surface area contributed by atoms with Gasteiger partial charge in [-0.05, 0) is 38.1 Å². The smallest absolute Gasteiger partial charge is 0.229 e. The number of benzene rings is 1. The summed E-state index contributed by atoms with van der Waals surface area (Å²) >= 11 is 0. The van der Waals surface area contributed by atoms with Crippen LogP contribution < -0.4 is 10.0 Å². The van der Waals surface area contributed by atoms with Crippen LogP contribution in [0.5, 0.6) is 0 Å². The van der Waals surface area contributed by atoms with Crippen LogP contribution in [-0.4, -0.2) is 30.4 Å². The van der Waals surface area contributed by atoms with Crippen LogP contribution in [0, 0.1) is 13.8 Å². The molecule has 0 bridgehead atoms. The van der Waals surface area contributed by atoms with Crippen LogP contribution in [0.25, 0.3) is 0 Å². The molecule has 0 aliphatic heterocycles. The Bertz CT molecular complexity index is 823. The molecule has 0 fully saturated rings. The first-order chi connectivity index (χ1) is 10.7. The lowest BCUT2D eigenvalue weighted by Crippen LogP contribution is -2.15. The molecule has 124 valence electrons. The van der Waals surface area contributed by atoms with Gasteiger partial charge in [-0.2, -0.15) is 5.10 Å². The summed E-state index contributed by atoms with van der Waals surface area (Å²) in [5.74, 6) is -0.145. The Balaban J connectivity index is 2.03. The molecular formula is C15H20N4O3S. The topological polar surface area (TPSA) is 93.1 Å². The summed E-state index contributed by atoms with van der Waals surface area (Å²) in [6.45, 7) is 3.80. The minimum Gasteiger partial charge on any atom is -0.326 e. The van der Waals surface area contributed by atoms with Gasteiger partial charge >= 0.3 is 0 Å². The normalized spacial score (nSPS) is 11.3. The Morgan fingerprint density at radius 1 is 1.17 bits per heavy atom. The Labute approximate surface area is 135 Å². The van der Waals surface area contributed by atoms with Gasteiger partial charge in [-0.1, -0.05) is 0 Å². The number of hydrogen-bond acceptors (Lipinski definition) is 4. The van der Waals surface area contributed by atoms with Crippen LogP contribution in [0.1, 0.15) is 17.0 Å². The summed E-state index contributed by atoms with van der Waals surface area (Å²) < 4.78 is 26.4. The van der Waals surface area contributed by atoms with E-state index in [4.69, 9.17) is 0 Å². The highest BCUT2D eigenvalue weighted by Gasteiger charge is 2.13. The maximum atomic E-state index is 12.1. The molecule has 2 N–H and O–H groups in total. The minimum atomic E-state index is -3.31. The van der Waals surface area contributed by atoms with Gasteiger partial charge < -0.3 is 5.32 Å². The fraction of sp³-hybridized carbons (Fsp3) is 0.333. The lowest BCUT2D eigenvalue weighted by molar-refractivity contribution is -0.115. The van der Waals surface area contributed by atoms with Crippen LogP contribution in [0.2, 0.25) is 0 Å². The first kappa shape index (κ1) is 17.0. The number of anilines is 2. The molecule has 8 heteroatoms. The van der Waals surface area contributed by atoms with E-state index in [1.807, 2.05) is 20.9 Å². The molecule has 0 saturated carbocycles. The molecule has 7 nitrogen and oxygen atoms in total. The van der Waals surface area contributed by atoms with E-state index in [1.54, 1.807) is 28.9 Å². The zero-order valence-corrected chi connectivity index (χ0v) is 14.4. The number of hydrogen-bond donors (Lipinski definition) is 2. The molecule has 0 spiro atoms. The van der Waals surface area contributed by atoms with Gasteiger partial charge in [0.05, 0.1) is 18.4 Å². The van der Waals surface area contributed by atoms with Gasteiger partial charge in [-0.3, -0.25) is 14.2 Å². The van der Waals surface area contributed by atoms with Crippen molar-refractivity contribution in [2.45, 2.75) is 20.3 Å². The van der Waals surface area contributed by atoms with Crippen LogP contribution in [0.3, 0.4) is 0 Å². The van der Waals surface area contributed by atoms with Crippen LogP contribution in [-0.2, 0) is 28.3 Å². The highest BCUT2D eigenvalue weighted by molar-refractivity contribution is 7.92. The highest BCUT2D eigenvalue weighted by atomic mass is 32.2. The van der Waals surface area contributed by atoms with Crippen molar-refractivity contribution in [2.75, 3.05) is 16.3 Å². The largest absolute Gasteiger partial charge is 0.326 e. The Kier molecular flexibility index (Phi) is 4.74. The summed E-state index contributed by atoms with van der Waals surface area (Å²) in [6.07, 6.45) is 1.33. The van der Waals surface area contributed by atoms with Crippen molar-refractivity contribution in [1.29, 1.82) is 0 Å². The molecule has 0 aliphatic carbocycles. The Morgan fingerprint density at radius 2 is 1.74 bits per heavy atom. The maximum absolute atomic E-state index is 12.1. The molecule has 1 amide bonds. The monoisotopic (exact) mass is 336 g/mol. The quantitative estimate of drug-likeness (QED) is 0.867. The van der Waals surface area contributed by atoms with Crippen LogP contribution >= 0.6 is 0 Å². The number of amides is 1. The minimum absolute atomic E-state index is 0.145. The second kappa shape index (κ2) is 6.41. The molecular weight excluding hydrogens is 316 g/mol. The molecule has 23 heavy (non-hydrogen) atoms. The summed E-state index contributed by atoms with van der Waals surface area (Å²) in [4.78, 5) is 12.1. The lowest BCUT2D eigenvalue weighted by atomic mass is 10.1. The second-order valence-electron chi connectivity index (χ2n) is 5.45. The van der Waals surface area contributed by atoms with E-state index >= 15 is 0 Å². The van der Waals surface area contributed by atoms with E-state index in [0.29, 0.717) is 11.4 Å². The van der Waals surface area contributed by atoms with E-state index < -0.39 is 10.0 Å². The number of rotatable bonds is 5. The SMILES string of the molecule is Cc1nn(C)c(C)c1CC(=O)Nc1ccc(NS(C)(=O)=O)cc1. The second-order valence-corrected chi connectivity index (χ2v) is 7.20. The number of nitrogens with zero attached hydrogens (tertiary/aromatic N) is 2. The fourth-order valence-electron chi connectivity index (χ4n) is 2.27. The Morgan fingerprint density at radius 3 is 2.22 bits per heavy atom. The van der Waals surface area contributed by atoms with Gasteiger partial charge in [0.25, 0.3) is 0 Å². The van der Waals surface area contributed by atoms with Crippen LogP contribution in [0.4, 0.5) is 11.4 Å². The number of carbonyl (C=O) groups is 1. The number of aryl methyl sites for hydroxylation is 2. The molecule has 1 heterocycles. The van der Waals surface area contributed by atoms with E-state index in [1.165, 1.54) is 0 Å². The summed E-state index contributed by atoms with van der Waals surface area (Å²) in [5, 5.41) is 7.08. The van der Waals surface area contributed by atoms with Crippen molar-refractivity contribution in [3.05, 3.63) is 41.2 Å². The van der Waals surface area contributed by atoms with Crippen molar-refractivity contribution < 1.29 is 13.2 Å². The van der Waals surface area contributed by atoms with Crippen molar-refractivity contribution in [3.8, 4) is 0 Å². The maximum Gasteiger partial charge on any atom is 0.229 e. The number of aromatic nitrogens is 2. The number of carbonyl (C=O) groups excluding carboxylic acids is 1. The third-order valence-electron chi connectivity index (χ3n) is 3.47. The lowest BCUT2D eigenvalue weighted by Gasteiger charge is -2.08. The number of nitrogens with one attached hydrogen (secondary N) is 2. The molecule has 0 unspecified atom stereocenters. The van der Waals surface area contributed by atoms with Crippen molar-refractivity contribution in [2.24, 2.45) is 7.05 Å². The standard InChI is InChI=1S/C15H20N4O3S/c1-10-14(11(2)19(3)17-10)9-15(20)16-12-5-7-13(8-6-12)18-23(4,21)22/h5-8,18H,9H2,1-4H3,(H,16,20). The molecule has 1 aromatic carbocycles. The Hall–Kier alpha value is -2.35. The molecule has 0 radical (unpaired) electrons. The van der Waals surface area contributed by atoms with Gasteiger partial charge in [-0.15, -0.1) is 0 Å². The molecule has 0 atom stereocenters. The van der Waals surface area contributed by atoms with Gasteiger partial charge in [0, 0.05) is 29.7 Å². The van der Waals surface area contributed by atoms with E-state index in [2.05, 4.69) is 15.1 Å². The number of sulfonamides is 1. The van der Waals surface area contributed by atoms with Gasteiger partial charge in [-0.25, -0.2) is 8.42 Å². The van der Waals surface area contributed by atoms with Crippen LogP contribution in [0.15, 0.2) is 24.3 Å². The third-order valence-corrected chi connectivity index (χ3v) is 4.07. The molecule has 2 rings (SSSR count). The van der Waals surface area contributed by atoms with Crippen molar-refractivity contribution >= 4 is 27.3 Å². The van der Waals surface area contributed by atoms with Crippen molar-refractivity contribution in [1.82, 2.24) is 9.78 Å². The molecule has 2 aromatic rings. The van der Waals surface area contributed by atoms with Gasteiger partial charge in [0.1, 0.15) is 0 Å². The molecule has 1 aromatic heterocycles. The summed E-state index contributed by atoms with van der Waals surface area (Å²) in [7, 11) is -1.46. The van der Waals surface area contributed by atoms with E-state index in [9.17, 15) is 13.2 Å². The highest BCUT2D eigenvalue weighted by Crippen LogP contribution is 2.16. The molecule has 0 saturated heterocycles. The first-order valence-electron chi connectivity index (χ1n) is 7.02. The summed E-state index contributed by atoms with van der Waals surface area (Å²) in [5.41, 5.74) is 3.77. The average molecular weight is 336 g/mol. The van der Waals surface area contributed by atoms with Gasteiger partial charge in [0.2, 0.25) is 15.9 Å². The van der Waals surface area contributed by atoms with E-state index in [0.717, 1.165) is 23.2 Å². The average Bonchev–Trinajstić information content (AvgIpc) is 2.66. The fourth-order valence-corrected chi connectivity index (χ4v) is 2.84. The molecule has 0 aliphatic rings. The van der Waals surface area contributed by atoms with Gasteiger partial charge in [0.15, 0.2) is 0 Å². The zero-order valence-electron chi connectivity index (χ0n) is 13.5. The van der Waals surface area contributed by atoms with E-state index in [-0.39, 0.29) is 12.3 Å². The summed E-state index contributed by atoms with van der Waals surface area (Å²) in [6, 6.07) is 6.48. The first-order valence-corrected chi connectivity index (χ1v) is 8.91.